The normalized spacial score (nSPS) is 15.4. The van der Waals surface area contributed by atoms with Crippen LogP contribution in [0.1, 0.15) is 103 Å². The van der Waals surface area contributed by atoms with E-state index in [4.69, 9.17) is 4.42 Å². The zero-order chi connectivity index (χ0) is 36.5. The summed E-state index contributed by atoms with van der Waals surface area (Å²) < 4.78 is 6.78. The van der Waals surface area contributed by atoms with Crippen molar-refractivity contribution in [2.24, 2.45) is 0 Å². The molecule has 0 unspecified atom stereocenters. The Morgan fingerprint density at radius 3 is 1.63 bits per heavy atom. The van der Waals surface area contributed by atoms with Crippen LogP contribution in [-0.4, -0.2) is 0 Å². The maximum atomic E-state index is 6.78. The fourth-order valence-corrected chi connectivity index (χ4v) is 9.13. The van der Waals surface area contributed by atoms with Gasteiger partial charge in [-0.25, -0.2) is 0 Å². The molecular formula is C50H49NO. The second-order valence-electron chi connectivity index (χ2n) is 18.3. The third-order valence-electron chi connectivity index (χ3n) is 12.2. The lowest BCUT2D eigenvalue weighted by atomic mass is 9.79. The van der Waals surface area contributed by atoms with Gasteiger partial charge < -0.3 is 9.32 Å². The molecule has 2 aliphatic carbocycles. The molecule has 0 amide bonds. The number of nitrogens with zero attached hydrogens (tertiary/aromatic N) is 1. The molecule has 7 aromatic rings. The average molecular weight is 680 g/mol. The van der Waals surface area contributed by atoms with Crippen LogP contribution in [-0.2, 0) is 21.7 Å². The second kappa shape index (κ2) is 10.7. The molecule has 0 saturated heterocycles. The van der Waals surface area contributed by atoms with Crippen LogP contribution in [0.2, 0.25) is 0 Å². The molecule has 52 heavy (non-hydrogen) atoms. The maximum Gasteiger partial charge on any atom is 0.139 e. The minimum Gasteiger partial charge on any atom is -0.456 e. The van der Waals surface area contributed by atoms with Crippen molar-refractivity contribution in [1.29, 1.82) is 0 Å². The molecule has 0 N–H and O–H groups in total. The van der Waals surface area contributed by atoms with Crippen LogP contribution in [0.5, 0.6) is 0 Å². The van der Waals surface area contributed by atoms with E-state index in [0.717, 1.165) is 33.6 Å². The summed E-state index contributed by atoms with van der Waals surface area (Å²) in [6.45, 7) is 23.2. The molecule has 0 spiro atoms. The highest BCUT2D eigenvalue weighted by Crippen LogP contribution is 2.54. The average Bonchev–Trinajstić information content (AvgIpc) is 3.66. The zero-order valence-electron chi connectivity index (χ0n) is 32.3. The summed E-state index contributed by atoms with van der Waals surface area (Å²) in [7, 11) is 0. The highest BCUT2D eigenvalue weighted by Gasteiger charge is 2.38. The van der Waals surface area contributed by atoms with Gasteiger partial charge in [-0.05, 0) is 97.3 Å². The lowest BCUT2D eigenvalue weighted by Gasteiger charge is -2.30. The molecule has 9 rings (SSSR count). The van der Waals surface area contributed by atoms with Gasteiger partial charge in [0.15, 0.2) is 0 Å². The molecule has 0 bridgehead atoms. The second-order valence-corrected chi connectivity index (χ2v) is 18.3. The lowest BCUT2D eigenvalue weighted by molar-refractivity contribution is 0.573. The van der Waals surface area contributed by atoms with Crippen molar-refractivity contribution in [3.8, 4) is 22.3 Å². The number of fused-ring (bicyclic) bond motifs is 9. The molecule has 0 aliphatic heterocycles. The smallest absolute Gasteiger partial charge is 0.139 e. The summed E-state index contributed by atoms with van der Waals surface area (Å²) >= 11 is 0. The van der Waals surface area contributed by atoms with Gasteiger partial charge in [0.25, 0.3) is 0 Å². The summed E-state index contributed by atoms with van der Waals surface area (Å²) in [4.78, 5) is 2.44. The van der Waals surface area contributed by atoms with Crippen LogP contribution in [0.4, 0.5) is 17.1 Å². The number of rotatable bonds is 3. The summed E-state index contributed by atoms with van der Waals surface area (Å²) in [5.41, 5.74) is 18.6. The number of hydrogen-bond donors (Lipinski definition) is 0. The van der Waals surface area contributed by atoms with Crippen molar-refractivity contribution in [2.45, 2.75) is 90.9 Å². The number of anilines is 3. The Bertz CT molecular complexity index is 2600. The Hall–Kier alpha value is -5.08. The molecule has 0 fully saturated rings. The quantitative estimate of drug-likeness (QED) is 0.185. The van der Waals surface area contributed by atoms with E-state index in [1.54, 1.807) is 0 Å². The molecular weight excluding hydrogens is 631 g/mol. The molecule has 0 atom stereocenters. The van der Waals surface area contributed by atoms with Crippen LogP contribution in [0, 0.1) is 0 Å². The van der Waals surface area contributed by atoms with Gasteiger partial charge in [0.2, 0.25) is 0 Å². The van der Waals surface area contributed by atoms with E-state index < -0.39 is 0 Å². The zero-order valence-corrected chi connectivity index (χ0v) is 32.3. The Labute approximate surface area is 309 Å². The van der Waals surface area contributed by atoms with Gasteiger partial charge in [-0.2, -0.15) is 0 Å². The first kappa shape index (κ1) is 32.8. The van der Waals surface area contributed by atoms with Crippen molar-refractivity contribution >= 4 is 39.0 Å². The lowest BCUT2D eigenvalue weighted by Crippen LogP contribution is -2.19. The van der Waals surface area contributed by atoms with Crippen LogP contribution in [0.15, 0.2) is 120 Å². The van der Waals surface area contributed by atoms with Crippen molar-refractivity contribution in [3.05, 3.63) is 149 Å². The van der Waals surface area contributed by atoms with Gasteiger partial charge >= 0.3 is 0 Å². The fraction of sp³-hybridized carbons (Fsp3) is 0.280. The van der Waals surface area contributed by atoms with E-state index in [0.29, 0.717) is 0 Å². The number of furan rings is 1. The van der Waals surface area contributed by atoms with Gasteiger partial charge in [0, 0.05) is 50.3 Å². The Morgan fingerprint density at radius 1 is 0.462 bits per heavy atom. The van der Waals surface area contributed by atoms with Crippen LogP contribution in [0.3, 0.4) is 0 Å². The topological polar surface area (TPSA) is 16.4 Å². The summed E-state index contributed by atoms with van der Waals surface area (Å²) in [6.07, 6.45) is 0. The van der Waals surface area contributed by atoms with E-state index in [2.05, 4.69) is 189 Å². The minimum atomic E-state index is -0.138. The standard InChI is InChI=1S/C50H49NO/c1-47(2,3)30-18-22-35-37-24-20-32(28-44(37)50(9,10)42(35)26-30)51(31-19-23-36-34-14-11-12-16-40(34)49(7,8)43(36)27-31)33-21-25-38-39-15-13-17-41(48(4,5)6)46(39)52-45(38)29-33/h11-29H,1-10H3. The van der Waals surface area contributed by atoms with E-state index in [-0.39, 0.29) is 21.7 Å². The Morgan fingerprint density at radius 2 is 1.00 bits per heavy atom. The Kier molecular flexibility index (Phi) is 6.77. The summed E-state index contributed by atoms with van der Waals surface area (Å²) in [6, 6.07) is 43.5. The molecule has 0 saturated carbocycles. The number of para-hydroxylation sites is 1. The number of benzene rings is 6. The van der Waals surface area contributed by atoms with Gasteiger partial charge in [0.1, 0.15) is 11.2 Å². The van der Waals surface area contributed by atoms with E-state index in [9.17, 15) is 0 Å². The predicted octanol–water partition coefficient (Wildman–Crippen LogP) is 14.3. The molecule has 6 aromatic carbocycles. The predicted molar refractivity (Wildman–Crippen MR) is 221 cm³/mol. The molecule has 2 aliphatic rings. The molecule has 0 radical (unpaired) electrons. The maximum absolute atomic E-state index is 6.78. The molecule has 2 nitrogen and oxygen atoms in total. The van der Waals surface area contributed by atoms with E-state index >= 15 is 0 Å². The summed E-state index contributed by atoms with van der Waals surface area (Å²) in [5.74, 6) is 0. The first-order valence-corrected chi connectivity index (χ1v) is 18.9. The number of hydrogen-bond acceptors (Lipinski definition) is 2. The third-order valence-corrected chi connectivity index (χ3v) is 12.2. The molecule has 1 heterocycles. The first-order valence-electron chi connectivity index (χ1n) is 18.9. The third kappa shape index (κ3) is 4.69. The summed E-state index contributed by atoms with van der Waals surface area (Å²) in [5, 5.41) is 2.32. The fourth-order valence-electron chi connectivity index (χ4n) is 9.13. The van der Waals surface area contributed by atoms with Crippen molar-refractivity contribution in [2.75, 3.05) is 4.90 Å². The van der Waals surface area contributed by atoms with Crippen LogP contribution >= 0.6 is 0 Å². The van der Waals surface area contributed by atoms with Gasteiger partial charge in [0.05, 0.1) is 0 Å². The molecule has 1 aromatic heterocycles. The first-order chi connectivity index (χ1) is 24.5. The van der Waals surface area contributed by atoms with Gasteiger partial charge in [-0.1, -0.05) is 142 Å². The van der Waals surface area contributed by atoms with Crippen molar-refractivity contribution in [1.82, 2.24) is 0 Å². The minimum absolute atomic E-state index is 0.0283. The highest BCUT2D eigenvalue weighted by molar-refractivity contribution is 6.07. The van der Waals surface area contributed by atoms with E-state index in [1.807, 2.05) is 0 Å². The van der Waals surface area contributed by atoms with Crippen molar-refractivity contribution < 1.29 is 4.42 Å². The van der Waals surface area contributed by atoms with Gasteiger partial charge in [-0.3, -0.25) is 0 Å². The van der Waals surface area contributed by atoms with Crippen LogP contribution < -0.4 is 4.90 Å². The largest absolute Gasteiger partial charge is 0.456 e. The highest BCUT2D eigenvalue weighted by atomic mass is 16.3. The monoisotopic (exact) mass is 679 g/mol. The van der Waals surface area contributed by atoms with E-state index in [1.165, 1.54) is 61.0 Å². The molecule has 2 heteroatoms. The van der Waals surface area contributed by atoms with Gasteiger partial charge in [-0.15, -0.1) is 0 Å². The SMILES string of the molecule is CC(C)(C)c1ccc2c(c1)C(C)(C)c1cc(N(c3ccc4c(c3)C(C)(C)c3ccccc3-4)c3ccc4c(c3)oc3c(C(C)(C)C)cccc34)ccc1-2. The Balaban J connectivity index is 1.25. The van der Waals surface area contributed by atoms with Crippen molar-refractivity contribution in [3.63, 3.8) is 0 Å². The van der Waals surface area contributed by atoms with Crippen LogP contribution in [0.25, 0.3) is 44.2 Å². The molecule has 260 valence electrons.